The molecule has 0 unspecified atom stereocenters. The lowest BCUT2D eigenvalue weighted by Gasteiger charge is -1.05. The number of isothiocyanates is 2. The van der Waals surface area contributed by atoms with E-state index in [-0.39, 0.29) is 44.6 Å². The van der Waals surface area contributed by atoms with Gasteiger partial charge < -0.3 is 0 Å². The van der Waals surface area contributed by atoms with E-state index >= 15 is 0 Å². The summed E-state index contributed by atoms with van der Waals surface area (Å²) in [6.45, 7) is 0. The standard InChI is InChI=1S/2CHNS.6CH4/c2*2-1-3;;;;;;/h2*2H;6*1H4. The van der Waals surface area contributed by atoms with Gasteiger partial charge in [0.25, 0.3) is 0 Å². The highest BCUT2D eigenvalue weighted by Crippen LogP contribution is 1.16. The molecule has 0 rings (SSSR count). The lowest BCUT2D eigenvalue weighted by atomic mass is 11.8. The van der Waals surface area contributed by atoms with Gasteiger partial charge in [0.2, 0.25) is 0 Å². The van der Waals surface area contributed by atoms with Crippen LogP contribution in [-0.4, -0.2) is 10.3 Å². The van der Waals surface area contributed by atoms with Crippen molar-refractivity contribution < 1.29 is 0 Å². The summed E-state index contributed by atoms with van der Waals surface area (Å²) in [6, 6.07) is 0. The van der Waals surface area contributed by atoms with Crippen LogP contribution in [-0.2, 0) is 0 Å². The Balaban J connectivity index is -0.00000000296. The van der Waals surface area contributed by atoms with E-state index in [0.29, 0.717) is 0 Å². The van der Waals surface area contributed by atoms with Gasteiger partial charge in [-0.1, -0.05) is 44.6 Å². The van der Waals surface area contributed by atoms with Crippen molar-refractivity contribution in [2.45, 2.75) is 44.6 Å². The highest BCUT2D eigenvalue weighted by atomic mass is 32.1. The third-order valence-electron chi connectivity index (χ3n) is 0. The Morgan fingerprint density at radius 3 is 0.583 bits per heavy atom. The van der Waals surface area contributed by atoms with E-state index < -0.39 is 0 Å². The van der Waals surface area contributed by atoms with Crippen molar-refractivity contribution >= 4 is 34.8 Å². The molecule has 0 amide bonds. The first-order valence-electron chi connectivity index (χ1n) is 0.908. The molecule has 80 valence electrons. The van der Waals surface area contributed by atoms with Gasteiger partial charge in [0.15, 0.2) is 0 Å². The molecule has 0 bridgehead atoms. The Morgan fingerprint density at radius 1 is 0.583 bits per heavy atom. The molecular weight excluding hydrogens is 188 g/mol. The number of hydrogen-bond donors (Lipinski definition) is 2. The Bertz CT molecular complexity index is 69.1. The Kier molecular flexibility index (Phi) is 3200. The van der Waals surface area contributed by atoms with E-state index in [2.05, 4.69) is 24.4 Å². The van der Waals surface area contributed by atoms with Crippen LogP contribution in [0.25, 0.3) is 0 Å². The molecule has 0 saturated heterocycles. The van der Waals surface area contributed by atoms with E-state index in [1.54, 1.807) is 10.3 Å². The molecule has 0 spiro atoms. The first-order chi connectivity index (χ1) is 2.83. The highest BCUT2D eigenvalue weighted by molar-refractivity contribution is 7.78. The van der Waals surface area contributed by atoms with Crippen molar-refractivity contribution in [2.24, 2.45) is 0 Å². The molecule has 0 radical (unpaired) electrons. The van der Waals surface area contributed by atoms with Gasteiger partial charge in [-0.25, -0.2) is 10.8 Å². The SMILES string of the molecule is C.C.C.C.C.C.N=C=S.N=C=S. The van der Waals surface area contributed by atoms with Gasteiger partial charge in [-0.15, -0.1) is 0 Å². The molecule has 0 aromatic rings. The van der Waals surface area contributed by atoms with Crippen molar-refractivity contribution in [1.82, 2.24) is 0 Å². The average Bonchev–Trinajstić information content (AvgIpc) is 1.39. The molecule has 0 aliphatic heterocycles. The van der Waals surface area contributed by atoms with Crippen LogP contribution in [0.2, 0.25) is 0 Å². The zero-order valence-electron chi connectivity index (χ0n) is 2.82. The minimum atomic E-state index is 0. The largest absolute Gasteiger partial charge is 0.248 e. The monoisotopic (exact) mass is 214 g/mol. The molecule has 0 saturated carbocycles. The molecule has 0 aliphatic rings. The van der Waals surface area contributed by atoms with Crippen LogP contribution < -0.4 is 0 Å². The van der Waals surface area contributed by atoms with Gasteiger partial charge in [0.05, 0.1) is 10.3 Å². The molecule has 0 atom stereocenters. The van der Waals surface area contributed by atoms with Crippen molar-refractivity contribution in [1.29, 1.82) is 10.8 Å². The van der Waals surface area contributed by atoms with Crippen LogP contribution >= 0.6 is 24.4 Å². The Morgan fingerprint density at radius 2 is 0.583 bits per heavy atom. The zero-order chi connectivity index (χ0) is 5.41. The van der Waals surface area contributed by atoms with Crippen molar-refractivity contribution in [3.8, 4) is 0 Å². The van der Waals surface area contributed by atoms with E-state index in [9.17, 15) is 0 Å². The second-order valence-electron chi connectivity index (χ2n) is 0.204. The van der Waals surface area contributed by atoms with E-state index in [0.717, 1.165) is 0 Å². The summed E-state index contributed by atoms with van der Waals surface area (Å²) in [5.41, 5.74) is 0. The number of hydrogen-bond acceptors (Lipinski definition) is 4. The first kappa shape index (κ1) is 101. The second-order valence-corrected chi connectivity index (χ2v) is 0.612. The Labute approximate surface area is 90.4 Å². The van der Waals surface area contributed by atoms with E-state index in [1.807, 2.05) is 0 Å². The quantitative estimate of drug-likeness (QED) is 0.432. The maximum absolute atomic E-state index is 5.77. The predicted octanol–water partition coefficient (Wildman–Crippen LogP) is 5.15. The fraction of sp³-hybridized carbons (Fsp3) is 0.750. The third kappa shape index (κ3) is 4440. The van der Waals surface area contributed by atoms with Gasteiger partial charge in [-0.3, -0.25) is 0 Å². The Hall–Kier alpha value is -0.400. The lowest BCUT2D eigenvalue weighted by Crippen LogP contribution is -1.03. The number of rotatable bonds is 0. The molecule has 4 heteroatoms. The molecule has 0 aromatic carbocycles. The fourth-order valence-corrected chi connectivity index (χ4v) is 0. The molecule has 2 nitrogen and oxygen atoms in total. The van der Waals surface area contributed by atoms with Gasteiger partial charge in [-0.05, 0) is 24.4 Å². The number of thiocarbonyl (C=S) groups is 2. The molecule has 12 heavy (non-hydrogen) atoms. The van der Waals surface area contributed by atoms with Crippen molar-refractivity contribution in [3.05, 3.63) is 0 Å². The summed E-state index contributed by atoms with van der Waals surface area (Å²) < 4.78 is 0. The highest BCUT2D eigenvalue weighted by Gasteiger charge is 0.978. The topological polar surface area (TPSA) is 47.7 Å². The van der Waals surface area contributed by atoms with Gasteiger partial charge in [0, 0.05) is 0 Å². The maximum Gasteiger partial charge on any atom is 0.0554 e. The van der Waals surface area contributed by atoms with Gasteiger partial charge in [0.1, 0.15) is 0 Å². The molecule has 2 N–H and O–H groups in total. The second kappa shape index (κ2) is 382. The van der Waals surface area contributed by atoms with Crippen molar-refractivity contribution in [2.75, 3.05) is 0 Å². The summed E-state index contributed by atoms with van der Waals surface area (Å²) in [4.78, 5) is 0. The molecule has 0 aromatic heterocycles. The van der Waals surface area contributed by atoms with Crippen LogP contribution in [0.5, 0.6) is 0 Å². The summed E-state index contributed by atoms with van der Waals surface area (Å²) in [5, 5.41) is 14.7. The summed E-state index contributed by atoms with van der Waals surface area (Å²) in [7, 11) is 0. The zero-order valence-corrected chi connectivity index (χ0v) is 4.45. The summed E-state index contributed by atoms with van der Waals surface area (Å²) in [5.74, 6) is 0. The maximum atomic E-state index is 5.77. The smallest absolute Gasteiger partial charge is 0.0554 e. The van der Waals surface area contributed by atoms with Crippen LogP contribution in [0.15, 0.2) is 0 Å². The first-order valence-corrected chi connectivity index (χ1v) is 1.72. The van der Waals surface area contributed by atoms with Crippen LogP contribution in [0.3, 0.4) is 0 Å². The number of nitrogens with one attached hydrogen (secondary N) is 2. The molecule has 0 heterocycles. The van der Waals surface area contributed by atoms with Gasteiger partial charge >= 0.3 is 0 Å². The molecule has 0 aliphatic carbocycles. The minimum Gasteiger partial charge on any atom is -0.248 e. The summed E-state index contributed by atoms with van der Waals surface area (Å²) in [6.07, 6.45) is 0. The third-order valence-corrected chi connectivity index (χ3v) is 0. The predicted molar refractivity (Wildman–Crippen MR) is 71.0 cm³/mol. The van der Waals surface area contributed by atoms with Crippen molar-refractivity contribution in [3.63, 3.8) is 0 Å². The van der Waals surface area contributed by atoms with Gasteiger partial charge in [-0.2, -0.15) is 0 Å². The van der Waals surface area contributed by atoms with E-state index in [4.69, 9.17) is 10.8 Å². The molecular formula is C8H26N2S2. The molecule has 0 fully saturated rings. The average molecular weight is 214 g/mol. The van der Waals surface area contributed by atoms with Crippen LogP contribution in [0, 0.1) is 10.8 Å². The normalized spacial score (nSPS) is 1.33. The fourth-order valence-electron chi connectivity index (χ4n) is 0. The minimum absolute atomic E-state index is 0. The summed E-state index contributed by atoms with van der Waals surface area (Å²) >= 11 is 7.62. The van der Waals surface area contributed by atoms with Crippen LogP contribution in [0.4, 0.5) is 0 Å². The van der Waals surface area contributed by atoms with Crippen LogP contribution in [0.1, 0.15) is 44.6 Å². The van der Waals surface area contributed by atoms with E-state index in [1.165, 1.54) is 0 Å². The lowest BCUT2D eigenvalue weighted by molar-refractivity contribution is 1.61.